The molecule has 2 rings (SSSR count). The van der Waals surface area contributed by atoms with Crippen molar-refractivity contribution in [2.45, 2.75) is 25.9 Å². The van der Waals surface area contributed by atoms with Gasteiger partial charge >= 0.3 is 0 Å². The van der Waals surface area contributed by atoms with E-state index < -0.39 is 6.10 Å². The maximum atomic E-state index is 9.81. The van der Waals surface area contributed by atoms with Crippen LogP contribution in [0.25, 0.3) is 0 Å². The fourth-order valence-corrected chi connectivity index (χ4v) is 2.49. The third-order valence-electron chi connectivity index (χ3n) is 3.24. The van der Waals surface area contributed by atoms with Crippen molar-refractivity contribution in [3.05, 3.63) is 29.3 Å². The Morgan fingerprint density at radius 1 is 1.47 bits per heavy atom. The summed E-state index contributed by atoms with van der Waals surface area (Å²) in [6, 6.07) is 6.56. The molecule has 0 radical (unpaired) electrons. The number of hydrogen-bond acceptors (Lipinski definition) is 3. The number of rotatable bonds is 4. The molecule has 1 heterocycles. The molecule has 3 heteroatoms. The number of methoxy groups -OCH3 is 1. The Labute approximate surface area is 103 Å². The van der Waals surface area contributed by atoms with Crippen molar-refractivity contribution in [1.29, 1.82) is 0 Å². The van der Waals surface area contributed by atoms with E-state index in [-0.39, 0.29) is 0 Å². The Bertz CT molecular complexity index is 378. The van der Waals surface area contributed by atoms with Gasteiger partial charge in [0.15, 0.2) is 0 Å². The highest BCUT2D eigenvalue weighted by Crippen LogP contribution is 2.27. The van der Waals surface area contributed by atoms with Gasteiger partial charge in [0.05, 0.1) is 12.7 Å². The van der Waals surface area contributed by atoms with Crippen LogP contribution in [0.15, 0.2) is 18.2 Å². The largest absolute Gasteiger partial charge is 0.389 e. The minimum atomic E-state index is -0.410. The molecular weight excluding hydrogens is 214 g/mol. The lowest BCUT2D eigenvalue weighted by molar-refractivity contribution is 0.0686. The van der Waals surface area contributed by atoms with E-state index in [0.717, 1.165) is 19.4 Å². The van der Waals surface area contributed by atoms with E-state index in [1.807, 2.05) is 0 Å². The zero-order valence-corrected chi connectivity index (χ0v) is 10.6. The second kappa shape index (κ2) is 5.52. The van der Waals surface area contributed by atoms with Crippen LogP contribution in [0.1, 0.15) is 17.5 Å². The SMILES string of the molecule is COCC(O)CN1CCCc2cc(C)ccc21. The first-order valence-corrected chi connectivity index (χ1v) is 6.22. The van der Waals surface area contributed by atoms with Gasteiger partial charge in [0.1, 0.15) is 0 Å². The lowest BCUT2D eigenvalue weighted by Gasteiger charge is -2.33. The molecular formula is C14H21NO2. The average molecular weight is 235 g/mol. The zero-order valence-electron chi connectivity index (χ0n) is 10.6. The predicted molar refractivity (Wildman–Crippen MR) is 69.6 cm³/mol. The molecule has 0 spiro atoms. The second-order valence-electron chi connectivity index (χ2n) is 4.79. The van der Waals surface area contributed by atoms with E-state index in [1.165, 1.54) is 16.8 Å². The third-order valence-corrected chi connectivity index (χ3v) is 3.24. The molecule has 0 saturated carbocycles. The van der Waals surface area contributed by atoms with Gasteiger partial charge in [-0.15, -0.1) is 0 Å². The Morgan fingerprint density at radius 3 is 3.06 bits per heavy atom. The fourth-order valence-electron chi connectivity index (χ4n) is 2.49. The molecule has 0 aliphatic carbocycles. The quantitative estimate of drug-likeness (QED) is 0.863. The van der Waals surface area contributed by atoms with Crippen molar-refractivity contribution in [3.63, 3.8) is 0 Å². The summed E-state index contributed by atoms with van der Waals surface area (Å²) >= 11 is 0. The van der Waals surface area contributed by atoms with Gasteiger partial charge < -0.3 is 14.7 Å². The normalized spacial score (nSPS) is 16.8. The van der Waals surface area contributed by atoms with E-state index in [0.29, 0.717) is 13.2 Å². The van der Waals surface area contributed by atoms with Gasteiger partial charge in [0.25, 0.3) is 0 Å². The number of aryl methyl sites for hydroxylation is 2. The number of fused-ring (bicyclic) bond motifs is 1. The first-order chi connectivity index (χ1) is 8.20. The highest BCUT2D eigenvalue weighted by Gasteiger charge is 2.19. The molecule has 1 aromatic carbocycles. The molecule has 0 fully saturated rings. The summed E-state index contributed by atoms with van der Waals surface area (Å²) in [5, 5.41) is 9.81. The van der Waals surface area contributed by atoms with Gasteiger partial charge in [-0.25, -0.2) is 0 Å². The Kier molecular flexibility index (Phi) is 4.02. The van der Waals surface area contributed by atoms with Crippen LogP contribution in [0.4, 0.5) is 5.69 Å². The van der Waals surface area contributed by atoms with Gasteiger partial charge in [-0.2, -0.15) is 0 Å². The summed E-state index contributed by atoms with van der Waals surface area (Å²) < 4.78 is 4.98. The topological polar surface area (TPSA) is 32.7 Å². The smallest absolute Gasteiger partial charge is 0.0947 e. The van der Waals surface area contributed by atoms with Crippen LogP contribution < -0.4 is 4.90 Å². The zero-order chi connectivity index (χ0) is 12.3. The van der Waals surface area contributed by atoms with Crippen molar-refractivity contribution in [1.82, 2.24) is 0 Å². The molecule has 0 bridgehead atoms. The van der Waals surface area contributed by atoms with E-state index >= 15 is 0 Å². The predicted octanol–water partition coefficient (Wildman–Crippen LogP) is 1.75. The van der Waals surface area contributed by atoms with Crippen molar-refractivity contribution in [2.24, 2.45) is 0 Å². The van der Waals surface area contributed by atoms with Gasteiger partial charge in [0.2, 0.25) is 0 Å². The Morgan fingerprint density at radius 2 is 2.29 bits per heavy atom. The van der Waals surface area contributed by atoms with Crippen molar-refractivity contribution >= 4 is 5.69 Å². The number of aliphatic hydroxyl groups excluding tert-OH is 1. The summed E-state index contributed by atoms with van der Waals surface area (Å²) in [4.78, 5) is 2.27. The highest BCUT2D eigenvalue weighted by atomic mass is 16.5. The molecule has 1 N–H and O–H groups in total. The first kappa shape index (κ1) is 12.4. The molecule has 0 saturated heterocycles. The van der Waals surface area contributed by atoms with Crippen LogP contribution in [-0.4, -0.2) is 38.0 Å². The first-order valence-electron chi connectivity index (χ1n) is 6.22. The molecule has 1 atom stereocenters. The lowest BCUT2D eigenvalue weighted by atomic mass is 9.99. The van der Waals surface area contributed by atoms with Gasteiger partial charge in [-0.1, -0.05) is 17.7 Å². The Hall–Kier alpha value is -1.06. The van der Waals surface area contributed by atoms with Crippen LogP contribution in [0.2, 0.25) is 0 Å². The molecule has 1 unspecified atom stereocenters. The van der Waals surface area contributed by atoms with Gasteiger partial charge in [-0.3, -0.25) is 0 Å². The summed E-state index contributed by atoms with van der Waals surface area (Å²) in [5.41, 5.74) is 3.99. The standard InChI is InChI=1S/C14H21NO2/c1-11-5-6-14-12(8-11)4-3-7-15(14)9-13(16)10-17-2/h5-6,8,13,16H,3-4,7,9-10H2,1-2H3. The molecule has 0 amide bonds. The number of hydrogen-bond donors (Lipinski definition) is 1. The number of benzene rings is 1. The maximum Gasteiger partial charge on any atom is 0.0947 e. The van der Waals surface area contributed by atoms with Crippen LogP contribution >= 0.6 is 0 Å². The molecule has 94 valence electrons. The summed E-state index contributed by atoms with van der Waals surface area (Å²) in [6.07, 6.45) is 1.90. The highest BCUT2D eigenvalue weighted by molar-refractivity contribution is 5.56. The number of ether oxygens (including phenoxy) is 1. The molecule has 3 nitrogen and oxygen atoms in total. The number of nitrogens with zero attached hydrogens (tertiary/aromatic N) is 1. The monoisotopic (exact) mass is 235 g/mol. The fraction of sp³-hybridized carbons (Fsp3) is 0.571. The van der Waals surface area contributed by atoms with Crippen LogP contribution in [-0.2, 0) is 11.2 Å². The van der Waals surface area contributed by atoms with Crippen LogP contribution in [0.3, 0.4) is 0 Å². The molecule has 0 aromatic heterocycles. The maximum absolute atomic E-state index is 9.81. The van der Waals surface area contributed by atoms with Crippen molar-refractivity contribution < 1.29 is 9.84 Å². The summed E-state index contributed by atoms with van der Waals surface area (Å²) in [7, 11) is 1.62. The van der Waals surface area contributed by atoms with Crippen LogP contribution in [0, 0.1) is 6.92 Å². The number of β-amino-alcohol motifs (C(OH)–C–C–N with tert-alkyl or cyclic N) is 1. The molecule has 1 aliphatic heterocycles. The van der Waals surface area contributed by atoms with E-state index in [1.54, 1.807) is 7.11 Å². The summed E-state index contributed by atoms with van der Waals surface area (Å²) in [5.74, 6) is 0. The van der Waals surface area contributed by atoms with E-state index in [9.17, 15) is 5.11 Å². The minimum absolute atomic E-state index is 0.400. The van der Waals surface area contributed by atoms with Crippen molar-refractivity contribution in [2.75, 3.05) is 31.7 Å². The number of anilines is 1. The lowest BCUT2D eigenvalue weighted by Crippen LogP contribution is -2.38. The molecule has 1 aliphatic rings. The molecule has 17 heavy (non-hydrogen) atoms. The van der Waals surface area contributed by atoms with Crippen LogP contribution in [0.5, 0.6) is 0 Å². The van der Waals surface area contributed by atoms with E-state index in [2.05, 4.69) is 30.0 Å². The molecule has 1 aromatic rings. The van der Waals surface area contributed by atoms with E-state index in [4.69, 9.17) is 4.74 Å². The average Bonchev–Trinajstić information content (AvgIpc) is 2.29. The number of aliphatic hydroxyl groups is 1. The minimum Gasteiger partial charge on any atom is -0.389 e. The third kappa shape index (κ3) is 2.99. The Balaban J connectivity index is 2.11. The van der Waals surface area contributed by atoms with Gasteiger partial charge in [0, 0.05) is 25.9 Å². The second-order valence-corrected chi connectivity index (χ2v) is 4.79. The summed E-state index contributed by atoms with van der Waals surface area (Å²) in [6.45, 7) is 4.21. The van der Waals surface area contributed by atoms with Gasteiger partial charge in [-0.05, 0) is 31.4 Å². The van der Waals surface area contributed by atoms with Crippen molar-refractivity contribution in [3.8, 4) is 0 Å².